The fourth-order valence-electron chi connectivity index (χ4n) is 1.96. The highest BCUT2D eigenvalue weighted by molar-refractivity contribution is 5.89. The number of hydrogen-bond donors (Lipinski definition) is 3. The van der Waals surface area contributed by atoms with Gasteiger partial charge in [0.05, 0.1) is 12.6 Å². The molecule has 0 aliphatic rings. The Kier molecular flexibility index (Phi) is 7.04. The second-order valence-corrected chi connectivity index (χ2v) is 4.86. The van der Waals surface area contributed by atoms with Gasteiger partial charge >= 0.3 is 6.03 Å². The number of urea groups is 1. The van der Waals surface area contributed by atoms with Crippen molar-refractivity contribution in [3.05, 3.63) is 29.8 Å². The topological polar surface area (TPSA) is 62.4 Å². The predicted octanol–water partition coefficient (Wildman–Crippen LogP) is 2.51. The van der Waals surface area contributed by atoms with Gasteiger partial charge in [0.2, 0.25) is 0 Å². The second kappa shape index (κ2) is 8.55. The number of nitrogens with one attached hydrogen (secondary N) is 3. The van der Waals surface area contributed by atoms with Crippen LogP contribution in [0.3, 0.4) is 0 Å². The third kappa shape index (κ3) is 5.59. The van der Waals surface area contributed by atoms with Crippen LogP contribution in [0, 0.1) is 0 Å². The van der Waals surface area contributed by atoms with Crippen molar-refractivity contribution in [1.82, 2.24) is 10.6 Å². The SMILES string of the molecule is CCNC(C)c1ccc(NC(=O)NC(C)COC)cc1. The van der Waals surface area contributed by atoms with E-state index in [2.05, 4.69) is 29.8 Å². The molecule has 1 aromatic rings. The van der Waals surface area contributed by atoms with Crippen LogP contribution in [-0.2, 0) is 4.74 Å². The smallest absolute Gasteiger partial charge is 0.319 e. The molecular formula is C15H25N3O2. The summed E-state index contributed by atoms with van der Waals surface area (Å²) < 4.78 is 4.97. The molecule has 5 heteroatoms. The first kappa shape index (κ1) is 16.5. The van der Waals surface area contributed by atoms with Crippen LogP contribution in [0.25, 0.3) is 0 Å². The summed E-state index contributed by atoms with van der Waals surface area (Å²) >= 11 is 0. The van der Waals surface area contributed by atoms with E-state index >= 15 is 0 Å². The van der Waals surface area contributed by atoms with E-state index in [4.69, 9.17) is 4.74 Å². The molecule has 2 atom stereocenters. The number of methoxy groups -OCH3 is 1. The van der Waals surface area contributed by atoms with Crippen molar-refractivity contribution in [3.8, 4) is 0 Å². The van der Waals surface area contributed by atoms with E-state index in [-0.39, 0.29) is 12.1 Å². The summed E-state index contributed by atoms with van der Waals surface area (Å²) in [5, 5.41) is 8.95. The number of ether oxygens (including phenoxy) is 1. The van der Waals surface area contributed by atoms with Gasteiger partial charge < -0.3 is 20.7 Å². The fraction of sp³-hybridized carbons (Fsp3) is 0.533. The maximum Gasteiger partial charge on any atom is 0.319 e. The minimum atomic E-state index is -0.220. The van der Waals surface area contributed by atoms with E-state index in [1.54, 1.807) is 7.11 Å². The molecule has 0 saturated heterocycles. The molecular weight excluding hydrogens is 254 g/mol. The first-order chi connectivity index (χ1) is 9.56. The number of rotatable bonds is 7. The van der Waals surface area contributed by atoms with Gasteiger partial charge in [0, 0.05) is 18.8 Å². The highest BCUT2D eigenvalue weighted by Crippen LogP contribution is 2.15. The molecule has 1 rings (SSSR count). The maximum atomic E-state index is 11.7. The summed E-state index contributed by atoms with van der Waals surface area (Å²) in [7, 11) is 1.61. The molecule has 2 unspecified atom stereocenters. The van der Waals surface area contributed by atoms with Crippen molar-refractivity contribution in [2.24, 2.45) is 0 Å². The van der Waals surface area contributed by atoms with E-state index in [1.165, 1.54) is 5.56 Å². The Labute approximate surface area is 121 Å². The molecule has 0 aliphatic carbocycles. The van der Waals surface area contributed by atoms with E-state index in [0.29, 0.717) is 12.6 Å². The third-order valence-corrected chi connectivity index (χ3v) is 2.97. The number of hydrogen-bond acceptors (Lipinski definition) is 3. The monoisotopic (exact) mass is 279 g/mol. The van der Waals surface area contributed by atoms with Gasteiger partial charge in [-0.25, -0.2) is 4.79 Å². The van der Waals surface area contributed by atoms with Gasteiger partial charge in [-0.1, -0.05) is 19.1 Å². The van der Waals surface area contributed by atoms with Gasteiger partial charge in [-0.05, 0) is 38.1 Å². The van der Waals surface area contributed by atoms with E-state index in [0.717, 1.165) is 12.2 Å². The Bertz CT molecular complexity index is 406. The van der Waals surface area contributed by atoms with Crippen LogP contribution < -0.4 is 16.0 Å². The fourth-order valence-corrected chi connectivity index (χ4v) is 1.96. The van der Waals surface area contributed by atoms with Crippen LogP contribution in [0.4, 0.5) is 10.5 Å². The standard InChI is InChI=1S/C15H25N3O2/c1-5-16-12(3)13-6-8-14(9-7-13)18-15(19)17-11(2)10-20-4/h6-9,11-12,16H,5,10H2,1-4H3,(H2,17,18,19). The lowest BCUT2D eigenvalue weighted by Gasteiger charge is -2.15. The zero-order valence-electron chi connectivity index (χ0n) is 12.7. The van der Waals surface area contributed by atoms with Crippen LogP contribution in [0.1, 0.15) is 32.4 Å². The van der Waals surface area contributed by atoms with Gasteiger partial charge in [0.1, 0.15) is 0 Å². The van der Waals surface area contributed by atoms with Gasteiger partial charge in [-0.15, -0.1) is 0 Å². The first-order valence-corrected chi connectivity index (χ1v) is 6.96. The van der Waals surface area contributed by atoms with Crippen LogP contribution in [0.15, 0.2) is 24.3 Å². The van der Waals surface area contributed by atoms with Crippen molar-refractivity contribution in [2.45, 2.75) is 32.9 Å². The lowest BCUT2D eigenvalue weighted by atomic mass is 10.1. The molecule has 0 heterocycles. The molecule has 0 fully saturated rings. The summed E-state index contributed by atoms with van der Waals surface area (Å²) in [6.07, 6.45) is 0. The van der Waals surface area contributed by atoms with Crippen molar-refractivity contribution in [3.63, 3.8) is 0 Å². The highest BCUT2D eigenvalue weighted by Gasteiger charge is 2.07. The highest BCUT2D eigenvalue weighted by atomic mass is 16.5. The molecule has 112 valence electrons. The lowest BCUT2D eigenvalue weighted by Crippen LogP contribution is -2.38. The van der Waals surface area contributed by atoms with Crippen molar-refractivity contribution in [1.29, 1.82) is 0 Å². The molecule has 0 saturated carbocycles. The van der Waals surface area contributed by atoms with Crippen LogP contribution in [0.2, 0.25) is 0 Å². The summed E-state index contributed by atoms with van der Waals surface area (Å²) in [5.74, 6) is 0. The Morgan fingerprint density at radius 1 is 1.25 bits per heavy atom. The average Bonchev–Trinajstić information content (AvgIpc) is 2.39. The summed E-state index contributed by atoms with van der Waals surface area (Å²) in [4.78, 5) is 11.7. The molecule has 0 bridgehead atoms. The molecule has 1 aromatic carbocycles. The molecule has 0 radical (unpaired) electrons. The largest absolute Gasteiger partial charge is 0.383 e. The molecule has 0 spiro atoms. The second-order valence-electron chi connectivity index (χ2n) is 4.86. The molecule has 2 amide bonds. The Morgan fingerprint density at radius 2 is 1.90 bits per heavy atom. The van der Waals surface area contributed by atoms with E-state index in [9.17, 15) is 4.79 Å². The maximum absolute atomic E-state index is 11.7. The molecule has 0 aliphatic heterocycles. The lowest BCUT2D eigenvalue weighted by molar-refractivity contribution is 0.173. The van der Waals surface area contributed by atoms with Gasteiger partial charge in [0.25, 0.3) is 0 Å². The van der Waals surface area contributed by atoms with Crippen molar-refractivity contribution >= 4 is 11.7 Å². The quantitative estimate of drug-likeness (QED) is 0.718. The Hall–Kier alpha value is -1.59. The summed E-state index contributed by atoms with van der Waals surface area (Å²) in [5.41, 5.74) is 1.98. The van der Waals surface area contributed by atoms with Gasteiger partial charge in [0.15, 0.2) is 0 Å². The van der Waals surface area contributed by atoms with Crippen molar-refractivity contribution in [2.75, 3.05) is 25.6 Å². The molecule has 20 heavy (non-hydrogen) atoms. The van der Waals surface area contributed by atoms with Crippen molar-refractivity contribution < 1.29 is 9.53 Å². The van der Waals surface area contributed by atoms with Crippen LogP contribution in [0.5, 0.6) is 0 Å². The molecule has 0 aromatic heterocycles. The number of amides is 2. The number of carbonyl (C=O) groups excluding carboxylic acids is 1. The zero-order valence-corrected chi connectivity index (χ0v) is 12.7. The summed E-state index contributed by atoms with van der Waals surface area (Å²) in [6, 6.07) is 7.91. The number of benzene rings is 1. The Morgan fingerprint density at radius 3 is 2.45 bits per heavy atom. The normalized spacial score (nSPS) is 13.6. The number of anilines is 1. The van der Waals surface area contributed by atoms with Gasteiger partial charge in [-0.2, -0.15) is 0 Å². The first-order valence-electron chi connectivity index (χ1n) is 6.96. The van der Waals surface area contributed by atoms with E-state index in [1.807, 2.05) is 31.2 Å². The summed E-state index contributed by atoms with van der Waals surface area (Å²) in [6.45, 7) is 7.51. The minimum Gasteiger partial charge on any atom is -0.383 e. The average molecular weight is 279 g/mol. The Balaban J connectivity index is 2.50. The molecule has 5 nitrogen and oxygen atoms in total. The zero-order chi connectivity index (χ0) is 15.0. The van der Waals surface area contributed by atoms with E-state index < -0.39 is 0 Å². The predicted molar refractivity (Wildman–Crippen MR) is 82.0 cm³/mol. The van der Waals surface area contributed by atoms with Crippen LogP contribution in [-0.4, -0.2) is 32.3 Å². The van der Waals surface area contributed by atoms with Gasteiger partial charge in [-0.3, -0.25) is 0 Å². The number of carbonyl (C=O) groups is 1. The minimum absolute atomic E-state index is 0.0203. The third-order valence-electron chi connectivity index (χ3n) is 2.97. The van der Waals surface area contributed by atoms with Crippen LogP contribution >= 0.6 is 0 Å². The molecule has 3 N–H and O–H groups in total.